The van der Waals surface area contributed by atoms with E-state index in [1.165, 1.54) is 32.1 Å². The third kappa shape index (κ3) is 7.35. The Labute approximate surface area is 229 Å². The second-order valence-corrected chi connectivity index (χ2v) is 9.43. The van der Waals surface area contributed by atoms with Crippen LogP contribution in [0, 0.1) is 12.7 Å². The van der Waals surface area contributed by atoms with E-state index < -0.39 is 47.5 Å². The van der Waals surface area contributed by atoms with Crippen LogP contribution in [0.3, 0.4) is 0 Å². The molecule has 0 N–H and O–H groups in total. The molecule has 14 heteroatoms. The zero-order chi connectivity index (χ0) is 29.8. The van der Waals surface area contributed by atoms with Crippen molar-refractivity contribution in [1.82, 2.24) is 25.0 Å². The molecule has 5 rings (SSSR count). The average molecular weight is 584 g/mol. The topological polar surface area (TPSA) is 86.7 Å². The summed E-state index contributed by atoms with van der Waals surface area (Å²) in [6.45, 7) is 1.36. The zero-order valence-corrected chi connectivity index (χ0v) is 21.6. The van der Waals surface area contributed by atoms with Gasteiger partial charge in [-0.05, 0) is 61.1 Å². The predicted molar refractivity (Wildman–Crippen MR) is 132 cm³/mol. The van der Waals surface area contributed by atoms with Crippen LogP contribution < -0.4 is 5.56 Å². The lowest BCUT2D eigenvalue weighted by Gasteiger charge is -2.23. The summed E-state index contributed by atoms with van der Waals surface area (Å²) in [6, 6.07) is 9.19. The molecule has 0 atom stereocenters. The van der Waals surface area contributed by atoms with Crippen molar-refractivity contribution in [2.75, 3.05) is 0 Å². The van der Waals surface area contributed by atoms with E-state index >= 15 is 0 Å². The van der Waals surface area contributed by atoms with Crippen LogP contribution in [-0.2, 0) is 18.9 Å². The molecule has 1 aliphatic carbocycles. The SMILES string of the molecule is Cc1cccc(F)c1C1CCCCC1.O=c1ccc(-c2nnc(C(F)(F)F)o2)nn1Cc1ncccc1C(F)(F)F. The zero-order valence-electron chi connectivity index (χ0n) is 21.6. The van der Waals surface area contributed by atoms with E-state index in [0.29, 0.717) is 10.6 Å². The highest BCUT2D eigenvalue weighted by Gasteiger charge is 2.38. The van der Waals surface area contributed by atoms with Gasteiger partial charge in [-0.1, -0.05) is 31.4 Å². The van der Waals surface area contributed by atoms with Gasteiger partial charge >= 0.3 is 18.2 Å². The van der Waals surface area contributed by atoms with Gasteiger partial charge in [0.05, 0.1) is 17.8 Å². The lowest BCUT2D eigenvalue weighted by molar-refractivity contribution is -0.157. The number of pyridine rings is 1. The minimum atomic E-state index is -4.88. The number of aromatic nitrogens is 5. The molecule has 1 aliphatic rings. The minimum absolute atomic E-state index is 0.00287. The van der Waals surface area contributed by atoms with Crippen LogP contribution in [0.1, 0.15) is 66.3 Å². The molecule has 0 aliphatic heterocycles. The van der Waals surface area contributed by atoms with Crippen molar-refractivity contribution < 1.29 is 35.2 Å². The molecule has 3 heterocycles. The van der Waals surface area contributed by atoms with Crippen LogP contribution in [-0.4, -0.2) is 25.0 Å². The van der Waals surface area contributed by atoms with E-state index in [4.69, 9.17) is 0 Å². The summed E-state index contributed by atoms with van der Waals surface area (Å²) in [7, 11) is 0. The van der Waals surface area contributed by atoms with E-state index in [2.05, 4.69) is 24.7 Å². The van der Waals surface area contributed by atoms with E-state index in [-0.39, 0.29) is 11.5 Å². The summed E-state index contributed by atoms with van der Waals surface area (Å²) in [6.07, 6.45) is -2.30. The lowest BCUT2D eigenvalue weighted by atomic mass is 9.82. The summed E-state index contributed by atoms with van der Waals surface area (Å²) in [4.78, 5) is 15.5. The smallest absolute Gasteiger partial charge is 0.411 e. The third-order valence-corrected chi connectivity index (χ3v) is 6.53. The van der Waals surface area contributed by atoms with Crippen molar-refractivity contribution in [2.24, 2.45) is 0 Å². The number of hydrogen-bond donors (Lipinski definition) is 0. The first-order valence-electron chi connectivity index (χ1n) is 12.6. The molecule has 0 spiro atoms. The Balaban J connectivity index is 0.000000231. The maximum absolute atomic E-state index is 13.6. The van der Waals surface area contributed by atoms with Crippen LogP contribution in [0.2, 0.25) is 0 Å². The van der Waals surface area contributed by atoms with Crippen molar-refractivity contribution in [3.8, 4) is 11.6 Å². The Morgan fingerprint density at radius 2 is 1.66 bits per heavy atom. The third-order valence-electron chi connectivity index (χ3n) is 6.53. The molecule has 1 saturated carbocycles. The van der Waals surface area contributed by atoms with Crippen molar-refractivity contribution >= 4 is 0 Å². The Morgan fingerprint density at radius 1 is 0.927 bits per heavy atom. The quantitative estimate of drug-likeness (QED) is 0.242. The van der Waals surface area contributed by atoms with Gasteiger partial charge in [0.1, 0.15) is 11.5 Å². The molecule has 1 aromatic carbocycles. The largest absolute Gasteiger partial charge is 0.470 e. The van der Waals surface area contributed by atoms with Gasteiger partial charge in [-0.25, -0.2) is 9.07 Å². The van der Waals surface area contributed by atoms with Crippen LogP contribution in [0.15, 0.2) is 57.9 Å². The number of alkyl halides is 6. The molecule has 0 bridgehead atoms. The minimum Gasteiger partial charge on any atom is -0.411 e. The molecule has 3 aromatic heterocycles. The summed E-state index contributed by atoms with van der Waals surface area (Å²) in [5.41, 5.74) is -0.571. The molecule has 0 unspecified atom stereocenters. The van der Waals surface area contributed by atoms with Gasteiger partial charge in [-0.2, -0.15) is 31.4 Å². The Kier molecular flexibility index (Phi) is 8.88. The first-order valence-corrected chi connectivity index (χ1v) is 12.6. The van der Waals surface area contributed by atoms with Crippen LogP contribution in [0.5, 0.6) is 0 Å². The number of aryl methyl sites for hydroxylation is 1. The Morgan fingerprint density at radius 3 is 2.29 bits per heavy atom. The maximum Gasteiger partial charge on any atom is 0.470 e. The summed E-state index contributed by atoms with van der Waals surface area (Å²) in [5, 5.41) is 9.68. The van der Waals surface area contributed by atoms with Gasteiger partial charge in [-0.3, -0.25) is 9.78 Å². The van der Waals surface area contributed by atoms with Gasteiger partial charge in [0.15, 0.2) is 0 Å². The van der Waals surface area contributed by atoms with Crippen molar-refractivity contribution in [3.05, 3.63) is 93.1 Å². The summed E-state index contributed by atoms with van der Waals surface area (Å²) < 4.78 is 95.3. The van der Waals surface area contributed by atoms with Gasteiger partial charge < -0.3 is 4.42 Å². The number of benzene rings is 1. The number of rotatable bonds is 4. The first-order chi connectivity index (χ1) is 19.3. The normalized spacial score (nSPS) is 14.4. The fraction of sp³-hybridized carbons (Fsp3) is 0.370. The van der Waals surface area contributed by atoms with Crippen LogP contribution in [0.25, 0.3) is 11.6 Å². The fourth-order valence-electron chi connectivity index (χ4n) is 4.63. The molecular formula is C27H24F7N5O2. The summed E-state index contributed by atoms with van der Waals surface area (Å²) in [5.74, 6) is -1.80. The van der Waals surface area contributed by atoms with Crippen molar-refractivity contribution in [1.29, 1.82) is 0 Å². The molecule has 41 heavy (non-hydrogen) atoms. The molecule has 7 nitrogen and oxygen atoms in total. The highest BCUT2D eigenvalue weighted by Crippen LogP contribution is 2.35. The molecule has 0 amide bonds. The predicted octanol–water partition coefficient (Wildman–Crippen LogP) is 6.96. The van der Waals surface area contributed by atoms with Crippen LogP contribution >= 0.6 is 0 Å². The van der Waals surface area contributed by atoms with Gasteiger partial charge in [0.25, 0.3) is 11.4 Å². The lowest BCUT2D eigenvalue weighted by Crippen LogP contribution is -2.25. The number of hydrogen-bond acceptors (Lipinski definition) is 6. The van der Waals surface area contributed by atoms with Crippen molar-refractivity contribution in [2.45, 2.75) is 63.8 Å². The van der Waals surface area contributed by atoms with Crippen LogP contribution in [0.4, 0.5) is 30.7 Å². The molecule has 218 valence electrons. The molecular weight excluding hydrogens is 559 g/mol. The number of halogens is 7. The Hall–Kier alpha value is -4.10. The molecule has 1 fully saturated rings. The molecule has 4 aromatic rings. The highest BCUT2D eigenvalue weighted by atomic mass is 19.4. The standard InChI is InChI=1S/C14H7F6N5O2.C13H17F/c15-13(16,17)7-2-1-5-21-9(7)6-25-10(26)4-3-8(24-25)11-22-23-12(27-11)14(18,19)20;1-10-6-5-9-12(14)13(10)11-7-3-2-4-8-11/h1-5H,6H2;5-6,9,11H,2-4,7-8H2,1H3. The van der Waals surface area contributed by atoms with Crippen molar-refractivity contribution in [3.63, 3.8) is 0 Å². The second kappa shape index (κ2) is 12.2. The molecule has 0 radical (unpaired) electrons. The number of nitrogens with zero attached hydrogens (tertiary/aromatic N) is 5. The van der Waals surface area contributed by atoms with E-state index in [1.807, 2.05) is 13.0 Å². The van der Waals surface area contributed by atoms with Gasteiger partial charge in [0.2, 0.25) is 0 Å². The maximum atomic E-state index is 13.6. The monoisotopic (exact) mass is 583 g/mol. The summed E-state index contributed by atoms with van der Waals surface area (Å²) >= 11 is 0. The fourth-order valence-corrected chi connectivity index (χ4v) is 4.63. The van der Waals surface area contributed by atoms with E-state index in [9.17, 15) is 35.5 Å². The van der Waals surface area contributed by atoms with E-state index in [0.717, 1.165) is 41.6 Å². The van der Waals surface area contributed by atoms with Gasteiger partial charge in [-0.15, -0.1) is 10.2 Å². The van der Waals surface area contributed by atoms with Gasteiger partial charge in [0, 0.05) is 12.3 Å². The first kappa shape index (κ1) is 29.9. The second-order valence-electron chi connectivity index (χ2n) is 9.43. The molecule has 0 saturated heterocycles. The Bertz CT molecular complexity index is 1520. The average Bonchev–Trinajstić information content (AvgIpc) is 3.42. The highest BCUT2D eigenvalue weighted by molar-refractivity contribution is 5.44. The van der Waals surface area contributed by atoms with E-state index in [1.54, 1.807) is 12.1 Å².